The van der Waals surface area contributed by atoms with E-state index in [-0.39, 0.29) is 12.5 Å². The lowest BCUT2D eigenvalue weighted by atomic mass is 10.2. The molecule has 0 spiro atoms. The highest BCUT2D eigenvalue weighted by Crippen LogP contribution is 2.37. The lowest BCUT2D eigenvalue weighted by molar-refractivity contribution is -0.118. The van der Waals surface area contributed by atoms with Crippen LogP contribution in [-0.2, 0) is 4.79 Å². The van der Waals surface area contributed by atoms with E-state index in [1.165, 1.54) is 0 Å². The van der Waals surface area contributed by atoms with Crippen molar-refractivity contribution in [1.82, 2.24) is 4.90 Å². The molecule has 0 bridgehead atoms. The first-order valence-corrected chi connectivity index (χ1v) is 10.5. The van der Waals surface area contributed by atoms with E-state index in [9.17, 15) is 4.79 Å². The van der Waals surface area contributed by atoms with Crippen LogP contribution in [-0.4, -0.2) is 42.1 Å². The first-order valence-electron chi connectivity index (χ1n) is 9.73. The molecule has 1 fully saturated rings. The second-order valence-corrected chi connectivity index (χ2v) is 7.71. The van der Waals surface area contributed by atoms with Gasteiger partial charge in [-0.15, -0.1) is 0 Å². The quantitative estimate of drug-likeness (QED) is 0.634. The topological polar surface area (TPSA) is 50.8 Å². The first-order chi connectivity index (χ1) is 14.0. The molecule has 2 aromatic carbocycles. The summed E-state index contributed by atoms with van der Waals surface area (Å²) in [6.45, 7) is 6.06. The number of hydrogen-bond donors (Lipinski definition) is 1. The third-order valence-corrected chi connectivity index (χ3v) is 5.41. The lowest BCUT2D eigenvalue weighted by Crippen LogP contribution is -2.26. The van der Waals surface area contributed by atoms with Gasteiger partial charge in [0.15, 0.2) is 18.1 Å². The lowest BCUT2D eigenvalue weighted by Gasteiger charge is -2.21. The molecule has 0 aliphatic carbocycles. The molecule has 1 aliphatic heterocycles. The van der Waals surface area contributed by atoms with Gasteiger partial charge in [-0.3, -0.25) is 4.79 Å². The van der Waals surface area contributed by atoms with Crippen LogP contribution in [0, 0.1) is 6.92 Å². The van der Waals surface area contributed by atoms with Crippen LogP contribution in [0.3, 0.4) is 0 Å². The number of likely N-dealkylation sites (tertiary alicyclic amines) is 1. The molecule has 1 saturated heterocycles. The molecular weight excluding hydrogens is 408 g/mol. The van der Waals surface area contributed by atoms with Crippen molar-refractivity contribution in [3.05, 3.63) is 52.5 Å². The maximum Gasteiger partial charge on any atom is 0.262 e. The van der Waals surface area contributed by atoms with Crippen LogP contribution in [0.5, 0.6) is 11.5 Å². The standard InChI is InChI=1S/C22H25ClN2O3S/c1-3-27-19-13-16(22(29)25-10-4-5-11-25)12-18(23)21(19)28-14-20(26)24-17-8-6-15(2)7-9-17/h6-9,12-13H,3-5,10-11,14H2,1-2H3,(H,24,26). The molecular formula is C22H25ClN2O3S. The number of anilines is 1. The van der Waals surface area contributed by atoms with Crippen molar-refractivity contribution >= 4 is 40.4 Å². The summed E-state index contributed by atoms with van der Waals surface area (Å²) in [6.07, 6.45) is 2.28. The van der Waals surface area contributed by atoms with E-state index in [1.807, 2.05) is 44.2 Å². The Morgan fingerprint density at radius 1 is 1.17 bits per heavy atom. The summed E-state index contributed by atoms with van der Waals surface area (Å²) in [7, 11) is 0. The minimum atomic E-state index is -0.274. The number of thiocarbonyl (C=S) groups is 1. The number of rotatable bonds is 7. The summed E-state index contributed by atoms with van der Waals surface area (Å²) < 4.78 is 11.4. The van der Waals surface area contributed by atoms with Crippen LogP contribution in [0.25, 0.3) is 0 Å². The fraction of sp³-hybridized carbons (Fsp3) is 0.364. The van der Waals surface area contributed by atoms with Crippen LogP contribution in [0.15, 0.2) is 36.4 Å². The summed E-state index contributed by atoms with van der Waals surface area (Å²) in [5.74, 6) is 0.559. The minimum absolute atomic E-state index is 0.177. The number of amides is 1. The molecule has 3 rings (SSSR count). The molecule has 1 aliphatic rings. The smallest absolute Gasteiger partial charge is 0.262 e. The van der Waals surface area contributed by atoms with E-state index in [4.69, 9.17) is 33.3 Å². The fourth-order valence-corrected chi connectivity index (χ4v) is 3.73. The number of nitrogens with one attached hydrogen (secondary N) is 1. The Kier molecular flexibility index (Phi) is 7.34. The zero-order valence-corrected chi connectivity index (χ0v) is 18.2. The predicted molar refractivity (Wildman–Crippen MR) is 120 cm³/mol. The zero-order chi connectivity index (χ0) is 20.8. The van der Waals surface area contributed by atoms with Crippen molar-refractivity contribution in [2.75, 3.05) is 31.6 Å². The van der Waals surface area contributed by atoms with Crippen LogP contribution in [0.1, 0.15) is 30.9 Å². The van der Waals surface area contributed by atoms with E-state index >= 15 is 0 Å². The van der Waals surface area contributed by atoms with E-state index < -0.39 is 0 Å². The maximum atomic E-state index is 12.3. The molecule has 154 valence electrons. The van der Waals surface area contributed by atoms with Gasteiger partial charge in [0.05, 0.1) is 11.6 Å². The average Bonchev–Trinajstić information content (AvgIpc) is 3.23. The molecule has 5 nitrogen and oxygen atoms in total. The largest absolute Gasteiger partial charge is 0.490 e. The highest BCUT2D eigenvalue weighted by molar-refractivity contribution is 7.80. The van der Waals surface area contributed by atoms with Crippen molar-refractivity contribution < 1.29 is 14.3 Å². The summed E-state index contributed by atoms with van der Waals surface area (Å²) in [5.41, 5.74) is 2.66. The van der Waals surface area contributed by atoms with E-state index in [0.29, 0.717) is 28.8 Å². The minimum Gasteiger partial charge on any atom is -0.490 e. The van der Waals surface area contributed by atoms with Crippen molar-refractivity contribution in [3.63, 3.8) is 0 Å². The molecule has 0 radical (unpaired) electrons. The number of carbonyl (C=O) groups excluding carboxylic acids is 1. The van der Waals surface area contributed by atoms with Crippen molar-refractivity contribution in [3.8, 4) is 11.5 Å². The van der Waals surface area contributed by atoms with Gasteiger partial charge in [0.1, 0.15) is 4.99 Å². The van der Waals surface area contributed by atoms with Gasteiger partial charge in [0.2, 0.25) is 0 Å². The molecule has 0 saturated carbocycles. The van der Waals surface area contributed by atoms with Crippen molar-refractivity contribution in [2.45, 2.75) is 26.7 Å². The summed E-state index contributed by atoms with van der Waals surface area (Å²) in [6, 6.07) is 11.2. The summed E-state index contributed by atoms with van der Waals surface area (Å²) >= 11 is 12.1. The molecule has 2 aromatic rings. The summed E-state index contributed by atoms with van der Waals surface area (Å²) in [5, 5.41) is 3.17. The third-order valence-electron chi connectivity index (χ3n) is 4.63. The van der Waals surface area contributed by atoms with Gasteiger partial charge >= 0.3 is 0 Å². The van der Waals surface area contributed by atoms with Crippen LogP contribution >= 0.6 is 23.8 Å². The number of ether oxygens (including phenoxy) is 2. The zero-order valence-electron chi connectivity index (χ0n) is 16.7. The molecule has 0 aromatic heterocycles. The second-order valence-electron chi connectivity index (χ2n) is 6.92. The highest BCUT2D eigenvalue weighted by atomic mass is 35.5. The molecule has 1 amide bonds. The van der Waals surface area contributed by atoms with Crippen LogP contribution < -0.4 is 14.8 Å². The Morgan fingerprint density at radius 2 is 1.86 bits per heavy atom. The Labute approximate surface area is 181 Å². The number of halogens is 1. The number of aryl methyl sites for hydroxylation is 1. The van der Waals surface area contributed by atoms with Gasteiger partial charge in [-0.05, 0) is 51.0 Å². The van der Waals surface area contributed by atoms with Crippen molar-refractivity contribution in [2.24, 2.45) is 0 Å². The molecule has 1 N–H and O–H groups in total. The molecule has 1 heterocycles. The third kappa shape index (κ3) is 5.61. The van der Waals surface area contributed by atoms with Crippen LogP contribution in [0.4, 0.5) is 5.69 Å². The summed E-state index contributed by atoms with van der Waals surface area (Å²) in [4.78, 5) is 15.2. The van der Waals surface area contributed by atoms with E-state index in [0.717, 1.165) is 42.0 Å². The number of nitrogens with zero attached hydrogens (tertiary/aromatic N) is 1. The SMILES string of the molecule is CCOc1cc(C(=S)N2CCCC2)cc(Cl)c1OCC(=O)Nc1ccc(C)cc1. The molecule has 0 unspecified atom stereocenters. The Morgan fingerprint density at radius 3 is 2.52 bits per heavy atom. The Bertz CT molecular complexity index is 880. The van der Waals surface area contributed by atoms with Gasteiger partial charge < -0.3 is 19.7 Å². The van der Waals surface area contributed by atoms with Crippen molar-refractivity contribution in [1.29, 1.82) is 0 Å². The Balaban J connectivity index is 1.71. The number of carbonyl (C=O) groups is 1. The van der Waals surface area contributed by atoms with E-state index in [2.05, 4.69) is 10.2 Å². The Hall–Kier alpha value is -2.31. The highest BCUT2D eigenvalue weighted by Gasteiger charge is 2.20. The molecule has 29 heavy (non-hydrogen) atoms. The van der Waals surface area contributed by atoms with Gasteiger partial charge in [0, 0.05) is 24.3 Å². The van der Waals surface area contributed by atoms with Gasteiger partial charge in [0.25, 0.3) is 5.91 Å². The normalized spacial score (nSPS) is 13.3. The molecule has 0 atom stereocenters. The maximum absolute atomic E-state index is 12.3. The predicted octanol–water partition coefficient (Wildman–Crippen LogP) is 4.84. The first kappa shape index (κ1) is 21.4. The van der Waals surface area contributed by atoms with Crippen LogP contribution in [0.2, 0.25) is 5.02 Å². The number of benzene rings is 2. The van der Waals surface area contributed by atoms with E-state index in [1.54, 1.807) is 6.07 Å². The molecule has 7 heteroatoms. The number of hydrogen-bond acceptors (Lipinski definition) is 4. The monoisotopic (exact) mass is 432 g/mol. The van der Waals surface area contributed by atoms with Gasteiger partial charge in [-0.2, -0.15) is 0 Å². The fourth-order valence-electron chi connectivity index (χ4n) is 3.17. The van der Waals surface area contributed by atoms with Gasteiger partial charge in [-0.1, -0.05) is 41.5 Å². The second kappa shape index (κ2) is 9.94. The average molecular weight is 433 g/mol. The van der Waals surface area contributed by atoms with Gasteiger partial charge in [-0.25, -0.2) is 0 Å².